The SMILES string of the molecule is CN(CCCNC(=O)CCS(=O)(=O)C1CCCC1)Cc1ccccc1. The lowest BCUT2D eigenvalue weighted by molar-refractivity contribution is -0.120. The Bertz CT molecular complexity index is 625. The highest BCUT2D eigenvalue weighted by atomic mass is 32.2. The standard InChI is InChI=1S/C19H30N2O3S/c1-21(16-17-8-3-2-4-9-17)14-7-13-20-19(22)12-15-25(23,24)18-10-5-6-11-18/h2-4,8-9,18H,5-7,10-16H2,1H3,(H,20,22). The van der Waals surface area contributed by atoms with Crippen molar-refractivity contribution in [3.05, 3.63) is 35.9 Å². The molecule has 0 radical (unpaired) electrons. The summed E-state index contributed by atoms with van der Waals surface area (Å²) in [5.74, 6) is -0.176. The highest BCUT2D eigenvalue weighted by Gasteiger charge is 2.28. The molecule has 2 rings (SSSR count). The van der Waals surface area contributed by atoms with Gasteiger partial charge in [-0.1, -0.05) is 43.2 Å². The number of nitrogens with one attached hydrogen (secondary N) is 1. The van der Waals surface area contributed by atoms with Crippen LogP contribution in [0.25, 0.3) is 0 Å². The van der Waals surface area contributed by atoms with Crippen molar-refractivity contribution in [2.45, 2.75) is 50.3 Å². The Balaban J connectivity index is 1.57. The van der Waals surface area contributed by atoms with Crippen molar-refractivity contribution in [2.24, 2.45) is 0 Å². The van der Waals surface area contributed by atoms with Gasteiger partial charge in [-0.3, -0.25) is 4.79 Å². The summed E-state index contributed by atoms with van der Waals surface area (Å²) in [6, 6.07) is 10.3. The minimum Gasteiger partial charge on any atom is -0.356 e. The molecule has 1 aromatic carbocycles. The molecular weight excluding hydrogens is 336 g/mol. The van der Waals surface area contributed by atoms with E-state index in [0.717, 1.165) is 45.2 Å². The Labute approximate surface area is 151 Å². The van der Waals surface area contributed by atoms with Crippen LogP contribution in [0.1, 0.15) is 44.1 Å². The zero-order valence-corrected chi connectivity index (χ0v) is 15.9. The predicted octanol–water partition coefficient (Wildman–Crippen LogP) is 2.37. The van der Waals surface area contributed by atoms with Gasteiger partial charge < -0.3 is 10.2 Å². The Hall–Kier alpha value is -1.40. The average molecular weight is 367 g/mol. The van der Waals surface area contributed by atoms with Crippen LogP contribution >= 0.6 is 0 Å². The molecule has 1 N–H and O–H groups in total. The maximum atomic E-state index is 12.1. The molecular formula is C19H30N2O3S. The van der Waals surface area contributed by atoms with E-state index in [9.17, 15) is 13.2 Å². The molecule has 25 heavy (non-hydrogen) atoms. The summed E-state index contributed by atoms with van der Waals surface area (Å²) in [5, 5.41) is 2.62. The van der Waals surface area contributed by atoms with Gasteiger partial charge in [0.2, 0.25) is 5.91 Å². The lowest BCUT2D eigenvalue weighted by atomic mass is 10.2. The number of benzene rings is 1. The molecule has 140 valence electrons. The van der Waals surface area contributed by atoms with Gasteiger partial charge in [0.15, 0.2) is 9.84 Å². The minimum absolute atomic E-state index is 0.0165. The van der Waals surface area contributed by atoms with Crippen molar-refractivity contribution in [1.29, 1.82) is 0 Å². The maximum absolute atomic E-state index is 12.1. The molecule has 1 amide bonds. The molecule has 0 spiro atoms. The Kier molecular flexibility index (Phi) is 7.90. The molecule has 1 aromatic rings. The first-order chi connectivity index (χ1) is 12.0. The molecule has 1 saturated carbocycles. The van der Waals surface area contributed by atoms with Crippen molar-refractivity contribution < 1.29 is 13.2 Å². The zero-order valence-electron chi connectivity index (χ0n) is 15.1. The highest BCUT2D eigenvalue weighted by Crippen LogP contribution is 2.25. The van der Waals surface area contributed by atoms with E-state index in [2.05, 4.69) is 29.4 Å². The highest BCUT2D eigenvalue weighted by molar-refractivity contribution is 7.92. The molecule has 0 aromatic heterocycles. The number of sulfone groups is 1. The smallest absolute Gasteiger partial charge is 0.221 e. The first-order valence-corrected chi connectivity index (χ1v) is 10.9. The Morgan fingerprint density at radius 2 is 1.88 bits per heavy atom. The lowest BCUT2D eigenvalue weighted by Crippen LogP contribution is -2.30. The molecule has 0 atom stereocenters. The number of hydrogen-bond acceptors (Lipinski definition) is 4. The van der Waals surface area contributed by atoms with Crippen molar-refractivity contribution >= 4 is 15.7 Å². The molecule has 1 fully saturated rings. The summed E-state index contributed by atoms with van der Waals surface area (Å²) in [6.07, 6.45) is 4.44. The number of carbonyl (C=O) groups excluding carboxylic acids is 1. The number of carbonyl (C=O) groups is 1. The fourth-order valence-electron chi connectivity index (χ4n) is 3.29. The van der Waals surface area contributed by atoms with Gasteiger partial charge in [0.05, 0.1) is 11.0 Å². The Morgan fingerprint density at radius 3 is 2.56 bits per heavy atom. The van der Waals surface area contributed by atoms with E-state index in [4.69, 9.17) is 0 Å². The molecule has 0 heterocycles. The maximum Gasteiger partial charge on any atom is 0.221 e. The quantitative estimate of drug-likeness (QED) is 0.646. The molecule has 1 aliphatic rings. The monoisotopic (exact) mass is 366 g/mol. The van der Waals surface area contributed by atoms with Crippen LogP contribution in [-0.4, -0.2) is 50.4 Å². The third kappa shape index (κ3) is 7.16. The second-order valence-electron chi connectivity index (χ2n) is 6.95. The van der Waals surface area contributed by atoms with E-state index in [1.807, 2.05) is 18.2 Å². The molecule has 5 nitrogen and oxygen atoms in total. The lowest BCUT2D eigenvalue weighted by Gasteiger charge is -2.16. The average Bonchev–Trinajstić information content (AvgIpc) is 3.13. The van der Waals surface area contributed by atoms with Crippen LogP contribution in [0.5, 0.6) is 0 Å². The fourth-order valence-corrected chi connectivity index (χ4v) is 5.14. The summed E-state index contributed by atoms with van der Waals surface area (Å²) in [6.45, 7) is 2.35. The number of hydrogen-bond donors (Lipinski definition) is 1. The van der Waals surface area contributed by atoms with Gasteiger partial charge >= 0.3 is 0 Å². The molecule has 0 saturated heterocycles. The van der Waals surface area contributed by atoms with E-state index in [1.54, 1.807) is 0 Å². The van der Waals surface area contributed by atoms with Gasteiger partial charge in [0.1, 0.15) is 0 Å². The van der Waals surface area contributed by atoms with Crippen LogP contribution in [-0.2, 0) is 21.2 Å². The van der Waals surface area contributed by atoms with Crippen LogP contribution in [0.15, 0.2) is 30.3 Å². The molecule has 6 heteroatoms. The summed E-state index contributed by atoms with van der Waals surface area (Å²) in [4.78, 5) is 14.1. The topological polar surface area (TPSA) is 66.5 Å². The second kappa shape index (κ2) is 9.92. The van der Waals surface area contributed by atoms with Gasteiger partial charge in [0.25, 0.3) is 0 Å². The summed E-state index contributed by atoms with van der Waals surface area (Å²) in [7, 11) is -1.04. The van der Waals surface area contributed by atoms with Gasteiger partial charge in [-0.2, -0.15) is 0 Å². The third-order valence-electron chi connectivity index (χ3n) is 4.76. The summed E-state index contributed by atoms with van der Waals surface area (Å²) >= 11 is 0. The molecule has 0 bridgehead atoms. The van der Waals surface area contributed by atoms with Crippen molar-refractivity contribution in [1.82, 2.24) is 10.2 Å². The van der Waals surface area contributed by atoms with Crippen molar-refractivity contribution in [3.63, 3.8) is 0 Å². The van der Waals surface area contributed by atoms with Crippen molar-refractivity contribution in [2.75, 3.05) is 25.9 Å². The minimum atomic E-state index is -3.10. The number of rotatable bonds is 10. The number of nitrogens with zero attached hydrogens (tertiary/aromatic N) is 1. The van der Waals surface area contributed by atoms with E-state index < -0.39 is 9.84 Å². The fraction of sp³-hybridized carbons (Fsp3) is 0.632. The van der Waals surface area contributed by atoms with Crippen LogP contribution in [0.3, 0.4) is 0 Å². The second-order valence-corrected chi connectivity index (χ2v) is 9.35. The third-order valence-corrected chi connectivity index (χ3v) is 7.02. The van der Waals surface area contributed by atoms with Crippen molar-refractivity contribution in [3.8, 4) is 0 Å². The first-order valence-electron chi connectivity index (χ1n) is 9.18. The first kappa shape index (κ1) is 19.9. The predicted molar refractivity (Wildman–Crippen MR) is 101 cm³/mol. The van der Waals surface area contributed by atoms with Crippen LogP contribution in [0, 0.1) is 0 Å². The van der Waals surface area contributed by atoms with Gasteiger partial charge in [0, 0.05) is 19.5 Å². The summed E-state index contributed by atoms with van der Waals surface area (Å²) in [5.41, 5.74) is 1.27. The van der Waals surface area contributed by atoms with Gasteiger partial charge in [-0.15, -0.1) is 0 Å². The van der Waals surface area contributed by atoms with Crippen LogP contribution in [0.4, 0.5) is 0 Å². The van der Waals surface area contributed by atoms with E-state index in [1.165, 1.54) is 5.56 Å². The van der Waals surface area contributed by atoms with E-state index >= 15 is 0 Å². The molecule has 0 aliphatic heterocycles. The van der Waals surface area contributed by atoms with Gasteiger partial charge in [-0.05, 0) is 38.4 Å². The van der Waals surface area contributed by atoms with E-state index in [0.29, 0.717) is 6.54 Å². The zero-order chi connectivity index (χ0) is 18.1. The molecule has 1 aliphatic carbocycles. The van der Waals surface area contributed by atoms with Crippen LogP contribution < -0.4 is 5.32 Å². The van der Waals surface area contributed by atoms with Gasteiger partial charge in [-0.25, -0.2) is 8.42 Å². The number of amides is 1. The summed E-state index contributed by atoms with van der Waals surface area (Å²) < 4.78 is 24.3. The normalized spacial score (nSPS) is 15.6. The van der Waals surface area contributed by atoms with Crippen LogP contribution in [0.2, 0.25) is 0 Å². The van der Waals surface area contributed by atoms with E-state index in [-0.39, 0.29) is 23.3 Å². The molecule has 0 unspecified atom stereocenters. The Morgan fingerprint density at radius 1 is 1.20 bits per heavy atom. The largest absolute Gasteiger partial charge is 0.356 e.